The number of aliphatic carboxylic acids is 1. The molecule has 0 saturated carbocycles. The molecule has 1 aromatic carbocycles. The number of carboxylic acid groups (broad SMARTS) is 1. The first-order chi connectivity index (χ1) is 10.1. The van der Waals surface area contributed by atoms with E-state index >= 15 is 0 Å². The van der Waals surface area contributed by atoms with Gasteiger partial charge in [0.25, 0.3) is 5.91 Å². The van der Waals surface area contributed by atoms with Gasteiger partial charge in [-0.1, -0.05) is 18.2 Å². The molecule has 114 valence electrons. The SMILES string of the molecule is C=CCOCC(NC(=O)c1cccc(COC)c1)C(=O)O. The fourth-order valence-electron chi connectivity index (χ4n) is 1.65. The maximum absolute atomic E-state index is 12.1. The second-order valence-corrected chi connectivity index (χ2v) is 4.32. The number of carboxylic acids is 1. The molecular formula is C15H19NO5. The zero-order valence-corrected chi connectivity index (χ0v) is 11.9. The average Bonchev–Trinajstić information content (AvgIpc) is 2.46. The van der Waals surface area contributed by atoms with E-state index in [0.29, 0.717) is 12.2 Å². The number of hydrogen-bond acceptors (Lipinski definition) is 4. The number of benzene rings is 1. The molecule has 0 aromatic heterocycles. The fourth-order valence-corrected chi connectivity index (χ4v) is 1.65. The number of methoxy groups -OCH3 is 1. The maximum atomic E-state index is 12.1. The Morgan fingerprint density at radius 2 is 2.24 bits per heavy atom. The monoisotopic (exact) mass is 293 g/mol. The lowest BCUT2D eigenvalue weighted by Crippen LogP contribution is -2.44. The molecule has 6 heteroatoms. The van der Waals surface area contributed by atoms with Crippen LogP contribution in [0.25, 0.3) is 0 Å². The van der Waals surface area contributed by atoms with Crippen LogP contribution < -0.4 is 5.32 Å². The van der Waals surface area contributed by atoms with Crippen LogP contribution in [0.2, 0.25) is 0 Å². The Morgan fingerprint density at radius 1 is 1.48 bits per heavy atom. The summed E-state index contributed by atoms with van der Waals surface area (Å²) < 4.78 is 10.1. The molecule has 0 saturated heterocycles. The minimum Gasteiger partial charge on any atom is -0.480 e. The van der Waals surface area contributed by atoms with Gasteiger partial charge >= 0.3 is 5.97 Å². The molecule has 1 atom stereocenters. The van der Waals surface area contributed by atoms with E-state index in [9.17, 15) is 9.59 Å². The van der Waals surface area contributed by atoms with E-state index in [-0.39, 0.29) is 13.2 Å². The highest BCUT2D eigenvalue weighted by molar-refractivity contribution is 5.96. The second kappa shape index (κ2) is 8.89. The summed E-state index contributed by atoms with van der Waals surface area (Å²) in [4.78, 5) is 23.1. The van der Waals surface area contributed by atoms with E-state index in [2.05, 4.69) is 11.9 Å². The molecule has 0 bridgehead atoms. The van der Waals surface area contributed by atoms with Crippen LogP contribution in [-0.4, -0.2) is 43.3 Å². The highest BCUT2D eigenvalue weighted by Gasteiger charge is 2.20. The third kappa shape index (κ3) is 5.76. The molecule has 21 heavy (non-hydrogen) atoms. The molecule has 6 nitrogen and oxygen atoms in total. The van der Waals surface area contributed by atoms with Gasteiger partial charge in [0, 0.05) is 12.7 Å². The first kappa shape index (κ1) is 16.9. The van der Waals surface area contributed by atoms with Gasteiger partial charge in [0.05, 0.1) is 19.8 Å². The van der Waals surface area contributed by atoms with Gasteiger partial charge in [-0.2, -0.15) is 0 Å². The number of rotatable bonds is 9. The molecule has 2 N–H and O–H groups in total. The van der Waals surface area contributed by atoms with Crippen molar-refractivity contribution in [2.75, 3.05) is 20.3 Å². The Hall–Kier alpha value is -2.18. The quantitative estimate of drug-likeness (QED) is 0.528. The maximum Gasteiger partial charge on any atom is 0.328 e. The number of amides is 1. The Morgan fingerprint density at radius 3 is 2.86 bits per heavy atom. The lowest BCUT2D eigenvalue weighted by atomic mass is 10.1. The van der Waals surface area contributed by atoms with Crippen molar-refractivity contribution in [2.45, 2.75) is 12.6 Å². The van der Waals surface area contributed by atoms with Crippen molar-refractivity contribution < 1.29 is 24.2 Å². The minimum atomic E-state index is -1.15. The zero-order chi connectivity index (χ0) is 15.7. The van der Waals surface area contributed by atoms with Crippen molar-refractivity contribution in [3.63, 3.8) is 0 Å². The Kier molecular flexibility index (Phi) is 7.14. The van der Waals surface area contributed by atoms with Crippen LogP contribution in [0, 0.1) is 0 Å². The van der Waals surface area contributed by atoms with Crippen molar-refractivity contribution in [1.82, 2.24) is 5.32 Å². The summed E-state index contributed by atoms with van der Waals surface area (Å²) in [5, 5.41) is 11.5. The predicted molar refractivity (Wildman–Crippen MR) is 77.1 cm³/mol. The Labute approximate surface area is 123 Å². The Balaban J connectivity index is 2.70. The summed E-state index contributed by atoms with van der Waals surface area (Å²) in [6, 6.07) is 5.69. The van der Waals surface area contributed by atoms with Crippen LogP contribution >= 0.6 is 0 Å². The largest absolute Gasteiger partial charge is 0.480 e. The predicted octanol–water partition coefficient (Wildman–Crippen LogP) is 1.22. The number of nitrogens with one attached hydrogen (secondary N) is 1. The van der Waals surface area contributed by atoms with Gasteiger partial charge in [0.1, 0.15) is 0 Å². The van der Waals surface area contributed by atoms with Gasteiger partial charge in [-0.3, -0.25) is 4.79 Å². The molecular weight excluding hydrogens is 274 g/mol. The van der Waals surface area contributed by atoms with Gasteiger partial charge in [0.2, 0.25) is 0 Å². The lowest BCUT2D eigenvalue weighted by Gasteiger charge is -2.14. The summed E-state index contributed by atoms with van der Waals surface area (Å²) in [7, 11) is 1.56. The van der Waals surface area contributed by atoms with Crippen LogP contribution in [0.4, 0.5) is 0 Å². The molecule has 1 unspecified atom stereocenters. The Bertz CT molecular complexity index is 501. The first-order valence-electron chi connectivity index (χ1n) is 6.38. The molecule has 0 spiro atoms. The normalized spacial score (nSPS) is 11.7. The van der Waals surface area contributed by atoms with Crippen LogP contribution in [0.1, 0.15) is 15.9 Å². The number of hydrogen-bond donors (Lipinski definition) is 2. The molecule has 1 rings (SSSR count). The molecule has 0 aliphatic carbocycles. The molecule has 0 aliphatic heterocycles. The van der Waals surface area contributed by atoms with Gasteiger partial charge in [-0.15, -0.1) is 6.58 Å². The summed E-state index contributed by atoms with van der Waals surface area (Å²) >= 11 is 0. The van der Waals surface area contributed by atoms with Gasteiger partial charge in [-0.05, 0) is 17.7 Å². The molecule has 0 heterocycles. The minimum absolute atomic E-state index is 0.120. The van der Waals surface area contributed by atoms with Crippen LogP contribution in [0.3, 0.4) is 0 Å². The standard InChI is InChI=1S/C15H19NO5/c1-3-7-21-10-13(15(18)19)16-14(17)12-6-4-5-11(8-12)9-20-2/h3-6,8,13H,1,7,9-10H2,2H3,(H,16,17)(H,18,19). The smallest absolute Gasteiger partial charge is 0.328 e. The molecule has 0 aliphatic rings. The van der Waals surface area contributed by atoms with Gasteiger partial charge in [0.15, 0.2) is 6.04 Å². The van der Waals surface area contributed by atoms with E-state index in [1.54, 1.807) is 25.3 Å². The molecule has 1 amide bonds. The summed E-state index contributed by atoms with van der Waals surface area (Å²) in [5.41, 5.74) is 1.21. The number of carbonyl (C=O) groups is 2. The zero-order valence-electron chi connectivity index (χ0n) is 11.9. The van der Waals surface area contributed by atoms with E-state index in [1.165, 1.54) is 6.08 Å². The van der Waals surface area contributed by atoms with Crippen LogP contribution in [0.15, 0.2) is 36.9 Å². The van der Waals surface area contributed by atoms with Gasteiger partial charge in [-0.25, -0.2) is 4.79 Å². The topological polar surface area (TPSA) is 84.9 Å². The van der Waals surface area contributed by atoms with Crippen molar-refractivity contribution in [3.8, 4) is 0 Å². The summed E-state index contributed by atoms with van der Waals surface area (Å²) in [6.07, 6.45) is 1.51. The third-order valence-electron chi connectivity index (χ3n) is 2.62. The van der Waals surface area contributed by atoms with Crippen molar-refractivity contribution in [1.29, 1.82) is 0 Å². The second-order valence-electron chi connectivity index (χ2n) is 4.32. The van der Waals surface area contributed by atoms with Crippen molar-refractivity contribution in [2.24, 2.45) is 0 Å². The summed E-state index contributed by atoms with van der Waals surface area (Å²) in [5.74, 6) is -1.62. The van der Waals surface area contributed by atoms with E-state index in [1.807, 2.05) is 6.07 Å². The highest BCUT2D eigenvalue weighted by Crippen LogP contribution is 2.07. The van der Waals surface area contributed by atoms with E-state index < -0.39 is 17.9 Å². The molecule has 0 fully saturated rings. The van der Waals surface area contributed by atoms with E-state index in [4.69, 9.17) is 14.6 Å². The number of carbonyl (C=O) groups excluding carboxylic acids is 1. The number of ether oxygens (including phenoxy) is 2. The van der Waals surface area contributed by atoms with E-state index in [0.717, 1.165) is 5.56 Å². The van der Waals surface area contributed by atoms with Crippen molar-refractivity contribution >= 4 is 11.9 Å². The highest BCUT2D eigenvalue weighted by atomic mass is 16.5. The van der Waals surface area contributed by atoms with Crippen LogP contribution in [-0.2, 0) is 20.9 Å². The average molecular weight is 293 g/mol. The van der Waals surface area contributed by atoms with Crippen molar-refractivity contribution in [3.05, 3.63) is 48.0 Å². The molecule has 1 aromatic rings. The first-order valence-corrected chi connectivity index (χ1v) is 6.38. The fraction of sp³-hybridized carbons (Fsp3) is 0.333. The summed E-state index contributed by atoms with van der Waals surface area (Å²) in [6.45, 7) is 3.95. The van der Waals surface area contributed by atoms with Gasteiger partial charge < -0.3 is 19.9 Å². The third-order valence-corrected chi connectivity index (χ3v) is 2.62. The lowest BCUT2D eigenvalue weighted by molar-refractivity contribution is -0.140. The van der Waals surface area contributed by atoms with Crippen LogP contribution in [0.5, 0.6) is 0 Å². The molecule has 0 radical (unpaired) electrons.